The van der Waals surface area contributed by atoms with Crippen molar-refractivity contribution in [1.29, 1.82) is 0 Å². The standard InChI is InChI=1S/C15H16N4O3/c1-10-6-11(2-5-13(10)19-9-16-8-17-19)15(22)18(7-14(20)21)12-3-4-12/h2,5-6,8-9,12H,3-4,7H2,1H3,(H,20,21). The number of aromatic nitrogens is 3. The summed E-state index contributed by atoms with van der Waals surface area (Å²) in [6.07, 6.45) is 4.77. The lowest BCUT2D eigenvalue weighted by molar-refractivity contribution is -0.137. The molecule has 0 bridgehead atoms. The number of hydrogen-bond donors (Lipinski definition) is 1. The first-order valence-electron chi connectivity index (χ1n) is 7.04. The molecule has 1 heterocycles. The minimum atomic E-state index is -0.990. The summed E-state index contributed by atoms with van der Waals surface area (Å²) < 4.78 is 1.62. The van der Waals surface area contributed by atoms with Gasteiger partial charge in [0.15, 0.2) is 0 Å². The van der Waals surface area contributed by atoms with Crippen LogP contribution >= 0.6 is 0 Å². The number of carboxylic acid groups (broad SMARTS) is 1. The van der Waals surface area contributed by atoms with Gasteiger partial charge in [-0.15, -0.1) is 0 Å². The van der Waals surface area contributed by atoms with Crippen LogP contribution in [0.25, 0.3) is 5.69 Å². The lowest BCUT2D eigenvalue weighted by Crippen LogP contribution is -2.37. The molecular weight excluding hydrogens is 284 g/mol. The Morgan fingerprint density at radius 3 is 2.73 bits per heavy atom. The van der Waals surface area contributed by atoms with Gasteiger partial charge in [-0.2, -0.15) is 5.10 Å². The van der Waals surface area contributed by atoms with Crippen LogP contribution in [0.2, 0.25) is 0 Å². The number of aliphatic carboxylic acids is 1. The van der Waals surface area contributed by atoms with E-state index < -0.39 is 5.97 Å². The molecular formula is C15H16N4O3. The molecule has 1 N–H and O–H groups in total. The Bertz CT molecular complexity index is 708. The van der Waals surface area contributed by atoms with Crippen LogP contribution in [0.3, 0.4) is 0 Å². The number of hydrogen-bond acceptors (Lipinski definition) is 4. The van der Waals surface area contributed by atoms with Gasteiger partial charge in [0.1, 0.15) is 19.2 Å². The fourth-order valence-electron chi connectivity index (χ4n) is 2.44. The fourth-order valence-corrected chi connectivity index (χ4v) is 2.44. The lowest BCUT2D eigenvalue weighted by Gasteiger charge is -2.20. The number of carbonyl (C=O) groups excluding carboxylic acids is 1. The van der Waals surface area contributed by atoms with E-state index >= 15 is 0 Å². The predicted octanol–water partition coefficient (Wildman–Crippen LogP) is 1.26. The Balaban J connectivity index is 1.86. The Morgan fingerprint density at radius 2 is 2.18 bits per heavy atom. The van der Waals surface area contributed by atoms with Gasteiger partial charge in [0, 0.05) is 11.6 Å². The number of nitrogens with zero attached hydrogens (tertiary/aromatic N) is 4. The number of aryl methyl sites for hydroxylation is 1. The molecule has 1 aromatic heterocycles. The zero-order valence-corrected chi connectivity index (χ0v) is 12.1. The highest BCUT2D eigenvalue weighted by Gasteiger charge is 2.34. The molecule has 22 heavy (non-hydrogen) atoms. The molecule has 2 aromatic rings. The van der Waals surface area contributed by atoms with Gasteiger partial charge in [-0.1, -0.05) is 0 Å². The second kappa shape index (κ2) is 5.59. The van der Waals surface area contributed by atoms with E-state index in [-0.39, 0.29) is 18.5 Å². The average molecular weight is 300 g/mol. The predicted molar refractivity (Wildman–Crippen MR) is 77.8 cm³/mol. The zero-order valence-electron chi connectivity index (χ0n) is 12.1. The van der Waals surface area contributed by atoms with Crippen molar-refractivity contribution in [2.75, 3.05) is 6.54 Å². The van der Waals surface area contributed by atoms with Crippen molar-refractivity contribution in [2.45, 2.75) is 25.8 Å². The summed E-state index contributed by atoms with van der Waals surface area (Å²) in [6, 6.07) is 5.31. The van der Waals surface area contributed by atoms with E-state index in [0.29, 0.717) is 5.56 Å². The number of rotatable bonds is 5. The third kappa shape index (κ3) is 2.83. The van der Waals surface area contributed by atoms with Crippen LogP contribution in [0.15, 0.2) is 30.9 Å². The maximum atomic E-state index is 12.5. The quantitative estimate of drug-likeness (QED) is 0.898. The summed E-state index contributed by atoms with van der Waals surface area (Å²) in [6.45, 7) is 1.62. The van der Waals surface area contributed by atoms with Crippen LogP contribution in [-0.4, -0.2) is 49.2 Å². The van der Waals surface area contributed by atoms with Crippen molar-refractivity contribution in [3.63, 3.8) is 0 Å². The Morgan fingerprint density at radius 1 is 1.41 bits per heavy atom. The minimum absolute atomic E-state index is 0.0545. The molecule has 0 radical (unpaired) electrons. The molecule has 3 rings (SSSR count). The fraction of sp³-hybridized carbons (Fsp3) is 0.333. The first-order valence-corrected chi connectivity index (χ1v) is 7.04. The van der Waals surface area contributed by atoms with E-state index in [0.717, 1.165) is 24.1 Å². The lowest BCUT2D eigenvalue weighted by atomic mass is 10.1. The summed E-state index contributed by atoms with van der Waals surface area (Å²) >= 11 is 0. The van der Waals surface area contributed by atoms with E-state index in [1.165, 1.54) is 11.2 Å². The summed E-state index contributed by atoms with van der Waals surface area (Å²) in [5.41, 5.74) is 2.21. The molecule has 7 nitrogen and oxygen atoms in total. The van der Waals surface area contributed by atoms with Crippen molar-refractivity contribution in [2.24, 2.45) is 0 Å². The van der Waals surface area contributed by atoms with Crippen molar-refractivity contribution in [1.82, 2.24) is 19.7 Å². The van der Waals surface area contributed by atoms with Crippen LogP contribution in [0.4, 0.5) is 0 Å². The maximum absolute atomic E-state index is 12.5. The second-order valence-corrected chi connectivity index (χ2v) is 5.40. The molecule has 0 unspecified atom stereocenters. The van der Waals surface area contributed by atoms with Crippen LogP contribution < -0.4 is 0 Å². The van der Waals surface area contributed by atoms with Crippen LogP contribution in [0.1, 0.15) is 28.8 Å². The maximum Gasteiger partial charge on any atom is 0.323 e. The SMILES string of the molecule is Cc1cc(C(=O)N(CC(=O)O)C2CC2)ccc1-n1cncn1. The van der Waals surface area contributed by atoms with Gasteiger partial charge in [0.2, 0.25) is 0 Å². The largest absolute Gasteiger partial charge is 0.480 e. The number of amides is 1. The highest BCUT2D eigenvalue weighted by Crippen LogP contribution is 2.28. The van der Waals surface area contributed by atoms with Crippen molar-refractivity contribution in [3.05, 3.63) is 42.0 Å². The summed E-state index contributed by atoms with van der Waals surface area (Å²) in [4.78, 5) is 28.8. The molecule has 0 saturated heterocycles. The van der Waals surface area contributed by atoms with Gasteiger partial charge < -0.3 is 10.0 Å². The first-order chi connectivity index (χ1) is 10.6. The summed E-state index contributed by atoms with van der Waals surface area (Å²) in [7, 11) is 0. The van der Waals surface area contributed by atoms with Gasteiger partial charge in [-0.3, -0.25) is 9.59 Å². The van der Waals surface area contributed by atoms with Crippen molar-refractivity contribution in [3.8, 4) is 5.69 Å². The third-order valence-electron chi connectivity index (χ3n) is 3.66. The zero-order chi connectivity index (χ0) is 15.7. The molecule has 1 aromatic carbocycles. The highest BCUT2D eigenvalue weighted by molar-refractivity contribution is 5.96. The molecule has 7 heteroatoms. The van der Waals surface area contributed by atoms with Gasteiger partial charge in [-0.25, -0.2) is 9.67 Å². The average Bonchev–Trinajstić information content (AvgIpc) is 3.18. The smallest absolute Gasteiger partial charge is 0.323 e. The van der Waals surface area contributed by atoms with Crippen LogP contribution in [-0.2, 0) is 4.79 Å². The third-order valence-corrected chi connectivity index (χ3v) is 3.66. The van der Waals surface area contributed by atoms with E-state index in [1.807, 2.05) is 6.92 Å². The van der Waals surface area contributed by atoms with Gasteiger partial charge in [-0.05, 0) is 43.5 Å². The number of benzene rings is 1. The summed E-state index contributed by atoms with van der Waals surface area (Å²) in [5, 5.41) is 13.0. The van der Waals surface area contributed by atoms with Crippen molar-refractivity contribution < 1.29 is 14.7 Å². The Labute approximate surface area is 127 Å². The van der Waals surface area contributed by atoms with Gasteiger partial charge in [0.25, 0.3) is 5.91 Å². The number of carbonyl (C=O) groups is 2. The van der Waals surface area contributed by atoms with Gasteiger partial charge >= 0.3 is 5.97 Å². The topological polar surface area (TPSA) is 88.3 Å². The van der Waals surface area contributed by atoms with Crippen molar-refractivity contribution >= 4 is 11.9 Å². The van der Waals surface area contributed by atoms with E-state index in [4.69, 9.17) is 5.11 Å². The molecule has 0 aliphatic heterocycles. The summed E-state index contributed by atoms with van der Waals surface area (Å²) in [5.74, 6) is -1.23. The monoisotopic (exact) mass is 300 g/mol. The van der Waals surface area contributed by atoms with E-state index in [1.54, 1.807) is 29.2 Å². The highest BCUT2D eigenvalue weighted by atomic mass is 16.4. The van der Waals surface area contributed by atoms with Crippen LogP contribution in [0.5, 0.6) is 0 Å². The molecule has 114 valence electrons. The molecule has 0 atom stereocenters. The van der Waals surface area contributed by atoms with E-state index in [2.05, 4.69) is 10.1 Å². The Kier molecular flexibility index (Phi) is 3.62. The van der Waals surface area contributed by atoms with Crippen LogP contribution in [0, 0.1) is 6.92 Å². The molecule has 0 spiro atoms. The second-order valence-electron chi connectivity index (χ2n) is 5.40. The normalized spacial score (nSPS) is 13.9. The molecule has 1 fully saturated rings. The van der Waals surface area contributed by atoms with E-state index in [9.17, 15) is 9.59 Å². The van der Waals surface area contributed by atoms with Gasteiger partial charge in [0.05, 0.1) is 5.69 Å². The molecule has 1 amide bonds. The first kappa shape index (κ1) is 14.2. The molecule has 1 saturated carbocycles. The molecule has 1 aliphatic rings. The molecule has 1 aliphatic carbocycles. The Hall–Kier alpha value is -2.70. The minimum Gasteiger partial charge on any atom is -0.480 e. The number of carboxylic acids is 1.